The van der Waals surface area contributed by atoms with Crippen LogP contribution in [0.1, 0.15) is 89.8 Å². The average Bonchev–Trinajstić information content (AvgIpc) is 3.20. The second-order valence-corrected chi connectivity index (χ2v) is 16.9. The van der Waals surface area contributed by atoms with Crippen molar-refractivity contribution >= 4 is 34.2 Å². The molecule has 0 spiro atoms. The standard InChI is InChI=1S/C33H43N3O5.C14H15NO2/c1-23(2)25-7-9-28-26(21-25)8-11-31(37)35(28)17-16-34-14-12-27(13-15-34)36(32(38)41-33(3,4)5)22-24-6-10-29-30(20-24)40-19-18-39-29;1-10(2)11-3-5-13-12(9-11)4-6-14(17)15(13)7-8-16/h6-11,20-21,23,27H,12-19,22H2,1-5H3;3-6,8-10H,7H2,1-2H3. The summed E-state index contributed by atoms with van der Waals surface area (Å²) in [6.45, 7) is 19.0. The molecule has 0 N–H and O–H groups in total. The predicted octanol–water partition coefficient (Wildman–Crippen LogP) is 8.12. The van der Waals surface area contributed by atoms with E-state index in [1.807, 2.05) is 72.7 Å². The van der Waals surface area contributed by atoms with E-state index in [1.165, 1.54) is 21.8 Å². The second-order valence-electron chi connectivity index (χ2n) is 16.9. The number of amides is 1. The molecule has 1 amide bonds. The van der Waals surface area contributed by atoms with Crippen LogP contribution in [0.15, 0.2) is 88.5 Å². The number of hydrogen-bond donors (Lipinski definition) is 0. The summed E-state index contributed by atoms with van der Waals surface area (Å²) in [6, 6.07) is 25.2. The average molecular weight is 791 g/mol. The summed E-state index contributed by atoms with van der Waals surface area (Å²) < 4.78 is 20.6. The lowest BCUT2D eigenvalue weighted by molar-refractivity contribution is -0.108. The van der Waals surface area contributed by atoms with Gasteiger partial charge in [-0.2, -0.15) is 0 Å². The number of benzene rings is 3. The Morgan fingerprint density at radius 1 is 0.759 bits per heavy atom. The van der Waals surface area contributed by atoms with Crippen molar-refractivity contribution in [2.24, 2.45) is 0 Å². The van der Waals surface area contributed by atoms with Gasteiger partial charge in [0, 0.05) is 50.9 Å². The van der Waals surface area contributed by atoms with E-state index in [1.54, 1.807) is 6.07 Å². The summed E-state index contributed by atoms with van der Waals surface area (Å²) in [7, 11) is 0. The lowest BCUT2D eigenvalue weighted by atomic mass is 10.0. The van der Waals surface area contributed by atoms with E-state index in [0.717, 1.165) is 77.6 Å². The number of pyridine rings is 2. The number of aromatic nitrogens is 2. The minimum absolute atomic E-state index is 0.0280. The van der Waals surface area contributed by atoms with Crippen molar-refractivity contribution in [3.8, 4) is 11.5 Å². The molecule has 58 heavy (non-hydrogen) atoms. The monoisotopic (exact) mass is 790 g/mol. The van der Waals surface area contributed by atoms with E-state index in [9.17, 15) is 19.2 Å². The first-order valence-corrected chi connectivity index (χ1v) is 20.5. The fourth-order valence-corrected chi connectivity index (χ4v) is 7.60. The van der Waals surface area contributed by atoms with Crippen molar-refractivity contribution in [2.45, 2.75) is 104 Å². The maximum atomic E-state index is 13.4. The number of carbonyl (C=O) groups is 2. The molecule has 7 rings (SSSR count). The number of fused-ring (bicyclic) bond motifs is 3. The van der Waals surface area contributed by atoms with Crippen molar-refractivity contribution < 1.29 is 23.8 Å². The Balaban J connectivity index is 0.000000278. The van der Waals surface area contributed by atoms with Crippen LogP contribution in [0, 0.1) is 0 Å². The van der Waals surface area contributed by atoms with Gasteiger partial charge in [0.1, 0.15) is 25.1 Å². The molecule has 2 aliphatic rings. The maximum absolute atomic E-state index is 13.4. The van der Waals surface area contributed by atoms with Crippen LogP contribution in [0.3, 0.4) is 0 Å². The van der Waals surface area contributed by atoms with E-state index in [2.05, 4.69) is 56.9 Å². The van der Waals surface area contributed by atoms with E-state index in [-0.39, 0.29) is 29.8 Å². The lowest BCUT2D eigenvalue weighted by Gasteiger charge is -2.39. The van der Waals surface area contributed by atoms with Crippen molar-refractivity contribution in [3.63, 3.8) is 0 Å². The summed E-state index contributed by atoms with van der Waals surface area (Å²) in [5.74, 6) is 2.35. The highest BCUT2D eigenvalue weighted by molar-refractivity contribution is 5.81. The van der Waals surface area contributed by atoms with Crippen LogP contribution in [-0.2, 0) is 29.2 Å². The van der Waals surface area contributed by atoms with Crippen molar-refractivity contribution in [1.29, 1.82) is 0 Å². The third kappa shape index (κ3) is 10.4. The highest BCUT2D eigenvalue weighted by Gasteiger charge is 2.31. The summed E-state index contributed by atoms with van der Waals surface area (Å²) in [6.07, 6.45) is 2.13. The molecule has 0 radical (unpaired) electrons. The molecule has 2 aliphatic heterocycles. The number of rotatable bonds is 10. The molecule has 11 nitrogen and oxygen atoms in total. The van der Waals surface area contributed by atoms with Gasteiger partial charge in [0.15, 0.2) is 11.5 Å². The second kappa shape index (κ2) is 18.4. The largest absolute Gasteiger partial charge is 0.486 e. The first-order valence-electron chi connectivity index (χ1n) is 20.5. The molecular weight excluding hydrogens is 733 g/mol. The van der Waals surface area contributed by atoms with Crippen molar-refractivity contribution in [3.05, 3.63) is 116 Å². The number of carbonyl (C=O) groups excluding carboxylic acids is 2. The van der Waals surface area contributed by atoms with Crippen molar-refractivity contribution in [2.75, 3.05) is 32.8 Å². The highest BCUT2D eigenvalue weighted by Crippen LogP contribution is 2.32. The van der Waals surface area contributed by atoms with Gasteiger partial charge in [0.25, 0.3) is 11.1 Å². The molecule has 4 heterocycles. The lowest BCUT2D eigenvalue weighted by Crippen LogP contribution is -2.49. The van der Waals surface area contributed by atoms with Gasteiger partial charge in [0.05, 0.1) is 17.6 Å². The highest BCUT2D eigenvalue weighted by atomic mass is 16.6. The normalized spacial score (nSPS) is 14.7. The third-order valence-electron chi connectivity index (χ3n) is 10.8. The van der Waals surface area contributed by atoms with Gasteiger partial charge in [-0.15, -0.1) is 0 Å². The van der Waals surface area contributed by atoms with Gasteiger partial charge in [-0.1, -0.05) is 45.9 Å². The van der Waals surface area contributed by atoms with Gasteiger partial charge in [-0.05, 0) is 121 Å². The predicted molar refractivity (Wildman–Crippen MR) is 229 cm³/mol. The van der Waals surface area contributed by atoms with Gasteiger partial charge in [0.2, 0.25) is 0 Å². The van der Waals surface area contributed by atoms with Crippen LogP contribution < -0.4 is 20.6 Å². The third-order valence-corrected chi connectivity index (χ3v) is 10.8. The van der Waals surface area contributed by atoms with E-state index >= 15 is 0 Å². The summed E-state index contributed by atoms with van der Waals surface area (Å²) in [5.41, 5.74) is 4.59. The molecule has 0 unspecified atom stereocenters. The molecule has 3 aromatic carbocycles. The Labute approximate surface area is 341 Å². The molecule has 1 saturated heterocycles. The zero-order valence-electron chi connectivity index (χ0n) is 35.0. The summed E-state index contributed by atoms with van der Waals surface area (Å²) in [5, 5.41) is 2.10. The zero-order chi connectivity index (χ0) is 41.6. The molecule has 11 heteroatoms. The van der Waals surface area contributed by atoms with Crippen molar-refractivity contribution in [1.82, 2.24) is 18.9 Å². The van der Waals surface area contributed by atoms with E-state index < -0.39 is 5.60 Å². The van der Waals surface area contributed by atoms with Crippen LogP contribution in [-0.4, -0.2) is 75.8 Å². The first kappa shape index (κ1) is 42.2. The number of ether oxygens (including phenoxy) is 3. The van der Waals surface area contributed by atoms with Gasteiger partial charge >= 0.3 is 6.09 Å². The topological polar surface area (TPSA) is 112 Å². The Morgan fingerprint density at radius 2 is 1.33 bits per heavy atom. The molecular formula is C47H58N4O7. The number of piperidine rings is 1. The number of hydrogen-bond acceptors (Lipinski definition) is 8. The Bertz CT molecular complexity index is 2350. The zero-order valence-corrected chi connectivity index (χ0v) is 35.0. The van der Waals surface area contributed by atoms with Gasteiger partial charge < -0.3 is 37.9 Å². The van der Waals surface area contributed by atoms with Crippen LogP contribution in [0.4, 0.5) is 4.79 Å². The molecule has 0 atom stereocenters. The molecule has 0 saturated carbocycles. The summed E-state index contributed by atoms with van der Waals surface area (Å²) >= 11 is 0. The fraction of sp³-hybridized carbons (Fsp3) is 0.447. The SMILES string of the molecule is CC(C)c1ccc2c(ccc(=O)n2CC=O)c1.CC(C)c1ccc2c(ccc(=O)n2CCN2CCC(N(Cc3ccc4c(c3)OCCO4)C(=O)OC(C)(C)C)CC2)c1. The van der Waals surface area contributed by atoms with Gasteiger partial charge in [-0.25, -0.2) is 4.79 Å². The number of nitrogens with zero attached hydrogens (tertiary/aromatic N) is 4. The molecule has 308 valence electrons. The number of aldehydes is 1. The number of likely N-dealkylation sites (tertiary alicyclic amines) is 1. The van der Waals surface area contributed by atoms with Crippen LogP contribution in [0.2, 0.25) is 0 Å². The smallest absolute Gasteiger partial charge is 0.410 e. The summed E-state index contributed by atoms with van der Waals surface area (Å²) in [4.78, 5) is 52.6. The minimum atomic E-state index is -0.579. The minimum Gasteiger partial charge on any atom is -0.486 e. The fourth-order valence-electron chi connectivity index (χ4n) is 7.60. The maximum Gasteiger partial charge on any atom is 0.410 e. The Hall–Kier alpha value is -5.42. The quantitative estimate of drug-likeness (QED) is 0.131. The Morgan fingerprint density at radius 3 is 1.90 bits per heavy atom. The van der Waals surface area contributed by atoms with Crippen LogP contribution in [0.5, 0.6) is 11.5 Å². The first-order chi connectivity index (χ1) is 27.7. The van der Waals surface area contributed by atoms with Crippen LogP contribution >= 0.6 is 0 Å². The Kier molecular flexibility index (Phi) is 13.4. The molecule has 0 bridgehead atoms. The molecule has 2 aromatic heterocycles. The molecule has 5 aromatic rings. The van der Waals surface area contributed by atoms with E-state index in [0.29, 0.717) is 38.1 Å². The molecule has 0 aliphatic carbocycles. The van der Waals surface area contributed by atoms with E-state index in [4.69, 9.17) is 14.2 Å². The van der Waals surface area contributed by atoms with Gasteiger partial charge in [-0.3, -0.25) is 9.59 Å². The van der Waals surface area contributed by atoms with Crippen LogP contribution in [0.25, 0.3) is 21.8 Å². The molecule has 1 fully saturated rings.